The van der Waals surface area contributed by atoms with Crippen LogP contribution in [0, 0.1) is 0 Å². The van der Waals surface area contributed by atoms with Crippen molar-refractivity contribution < 1.29 is 4.79 Å². The van der Waals surface area contributed by atoms with Crippen molar-refractivity contribution in [3.63, 3.8) is 0 Å². The summed E-state index contributed by atoms with van der Waals surface area (Å²) >= 11 is 1.85. The molecule has 2 unspecified atom stereocenters. The number of nitrogens with one attached hydrogen (secondary N) is 2. The predicted molar refractivity (Wildman–Crippen MR) is 79.8 cm³/mol. The maximum atomic E-state index is 12.0. The van der Waals surface area contributed by atoms with E-state index in [9.17, 15) is 4.79 Å². The maximum Gasteiger partial charge on any atom is 0.241 e. The van der Waals surface area contributed by atoms with Gasteiger partial charge in [-0.15, -0.1) is 11.8 Å². The van der Waals surface area contributed by atoms with Gasteiger partial charge in [-0.25, -0.2) is 0 Å². The fourth-order valence-corrected chi connectivity index (χ4v) is 3.33. The van der Waals surface area contributed by atoms with E-state index in [1.165, 1.54) is 0 Å². The summed E-state index contributed by atoms with van der Waals surface area (Å²) in [6.07, 6.45) is 0. The normalized spacial score (nSPS) is 23.0. The molecule has 1 aliphatic heterocycles. The lowest BCUT2D eigenvalue weighted by Crippen LogP contribution is -2.40. The molecule has 1 amide bonds. The Hall–Kier alpha value is -1.04. The third-order valence-electron chi connectivity index (χ3n) is 3.12. The van der Waals surface area contributed by atoms with Crippen molar-refractivity contribution in [1.82, 2.24) is 10.6 Å². The van der Waals surface area contributed by atoms with Crippen LogP contribution in [0.15, 0.2) is 30.3 Å². The molecule has 104 valence electrons. The maximum absolute atomic E-state index is 12.0. The molecule has 0 radical (unpaired) electrons. The molecule has 2 rings (SSSR count). The highest BCUT2D eigenvalue weighted by molar-refractivity contribution is 8.01. The topological polar surface area (TPSA) is 67.1 Å². The van der Waals surface area contributed by atoms with E-state index in [2.05, 4.69) is 24.5 Å². The highest BCUT2D eigenvalue weighted by atomic mass is 32.2. The molecular weight excluding hydrogens is 258 g/mol. The number of carbonyl (C=O) groups is 1. The van der Waals surface area contributed by atoms with Gasteiger partial charge in [0.15, 0.2) is 0 Å². The lowest BCUT2D eigenvalue weighted by molar-refractivity contribution is -0.122. The van der Waals surface area contributed by atoms with Gasteiger partial charge in [0, 0.05) is 17.8 Å². The summed E-state index contributed by atoms with van der Waals surface area (Å²) in [6.45, 7) is 5.96. The van der Waals surface area contributed by atoms with Gasteiger partial charge in [0.05, 0.1) is 5.37 Å². The molecule has 19 heavy (non-hydrogen) atoms. The molecule has 2 atom stereocenters. The van der Waals surface area contributed by atoms with Crippen LogP contribution in [-0.4, -0.2) is 29.1 Å². The monoisotopic (exact) mass is 279 g/mol. The third-order valence-corrected chi connectivity index (χ3v) is 4.52. The molecule has 0 aromatic heterocycles. The number of thioether (sulfide) groups is 1. The van der Waals surface area contributed by atoms with E-state index >= 15 is 0 Å². The second-order valence-electron chi connectivity index (χ2n) is 5.38. The Morgan fingerprint density at radius 1 is 1.53 bits per heavy atom. The van der Waals surface area contributed by atoms with Crippen molar-refractivity contribution >= 4 is 17.7 Å². The molecule has 1 fully saturated rings. The van der Waals surface area contributed by atoms with Crippen LogP contribution in [0.1, 0.15) is 25.5 Å². The van der Waals surface area contributed by atoms with Crippen molar-refractivity contribution in [2.24, 2.45) is 5.73 Å². The van der Waals surface area contributed by atoms with E-state index in [0.29, 0.717) is 6.54 Å². The number of hydrogen-bond donors (Lipinski definition) is 3. The van der Waals surface area contributed by atoms with Crippen molar-refractivity contribution in [1.29, 1.82) is 0 Å². The summed E-state index contributed by atoms with van der Waals surface area (Å²) in [4.78, 5) is 12.0. The lowest BCUT2D eigenvalue weighted by Gasteiger charge is -2.17. The first-order valence-corrected chi connectivity index (χ1v) is 7.35. The van der Waals surface area contributed by atoms with Crippen molar-refractivity contribution in [2.45, 2.75) is 30.0 Å². The average Bonchev–Trinajstić information content (AvgIpc) is 2.76. The first-order chi connectivity index (χ1) is 8.98. The zero-order valence-electron chi connectivity index (χ0n) is 11.3. The SMILES string of the molecule is CC1(C)CNC(CNC(=O)C(N)c2ccccc2)S1. The first kappa shape index (κ1) is 14.4. The van der Waals surface area contributed by atoms with Gasteiger partial charge in [0.1, 0.15) is 6.04 Å². The zero-order chi connectivity index (χ0) is 13.9. The molecule has 1 aromatic rings. The molecule has 4 N–H and O–H groups in total. The average molecular weight is 279 g/mol. The largest absolute Gasteiger partial charge is 0.352 e. The Kier molecular flexibility index (Phi) is 4.50. The molecule has 1 aromatic carbocycles. The molecule has 0 saturated carbocycles. The number of benzene rings is 1. The van der Waals surface area contributed by atoms with E-state index in [1.54, 1.807) is 0 Å². The summed E-state index contributed by atoms with van der Waals surface area (Å²) in [5, 5.41) is 6.57. The van der Waals surface area contributed by atoms with E-state index in [4.69, 9.17) is 5.73 Å². The predicted octanol–water partition coefficient (Wildman–Crippen LogP) is 1.24. The van der Waals surface area contributed by atoms with Gasteiger partial charge in [-0.1, -0.05) is 30.3 Å². The lowest BCUT2D eigenvalue weighted by atomic mass is 10.1. The van der Waals surface area contributed by atoms with E-state index in [0.717, 1.165) is 12.1 Å². The molecule has 1 aliphatic rings. The number of amides is 1. The van der Waals surface area contributed by atoms with Gasteiger partial charge in [-0.05, 0) is 19.4 Å². The minimum atomic E-state index is -0.597. The Bertz CT molecular complexity index is 436. The van der Waals surface area contributed by atoms with Crippen molar-refractivity contribution in [2.75, 3.05) is 13.1 Å². The number of carbonyl (C=O) groups excluding carboxylic acids is 1. The number of rotatable bonds is 4. The van der Waals surface area contributed by atoms with Gasteiger partial charge >= 0.3 is 0 Å². The van der Waals surface area contributed by atoms with Crippen molar-refractivity contribution in [3.05, 3.63) is 35.9 Å². The van der Waals surface area contributed by atoms with Crippen molar-refractivity contribution in [3.8, 4) is 0 Å². The van der Waals surface area contributed by atoms with Crippen LogP contribution in [0.25, 0.3) is 0 Å². The molecule has 5 heteroatoms. The fraction of sp³-hybridized carbons (Fsp3) is 0.500. The summed E-state index contributed by atoms with van der Waals surface area (Å²) in [5.74, 6) is -0.127. The highest BCUT2D eigenvalue weighted by Gasteiger charge is 2.31. The molecular formula is C14H21N3OS. The standard InChI is InChI=1S/C14H21N3OS/c1-14(2)9-17-11(19-14)8-16-13(18)12(15)10-6-4-3-5-7-10/h3-7,11-12,17H,8-9,15H2,1-2H3,(H,16,18). The number of nitrogens with two attached hydrogens (primary N) is 1. The first-order valence-electron chi connectivity index (χ1n) is 6.47. The Morgan fingerprint density at radius 3 is 2.79 bits per heavy atom. The highest BCUT2D eigenvalue weighted by Crippen LogP contribution is 2.32. The summed E-state index contributed by atoms with van der Waals surface area (Å²) < 4.78 is 0.233. The number of hydrogen-bond acceptors (Lipinski definition) is 4. The molecule has 4 nitrogen and oxygen atoms in total. The minimum absolute atomic E-state index is 0.127. The minimum Gasteiger partial charge on any atom is -0.352 e. The molecule has 1 heterocycles. The van der Waals surface area contributed by atoms with Gasteiger partial charge in [-0.3, -0.25) is 4.79 Å². The van der Waals surface area contributed by atoms with Gasteiger partial charge in [0.2, 0.25) is 5.91 Å². The second kappa shape index (κ2) is 5.94. The fourth-order valence-electron chi connectivity index (χ4n) is 2.06. The van der Waals surface area contributed by atoms with Crippen LogP contribution in [0.3, 0.4) is 0 Å². The van der Waals surface area contributed by atoms with Crippen LogP contribution in [0.4, 0.5) is 0 Å². The molecule has 0 spiro atoms. The Balaban J connectivity index is 1.82. The van der Waals surface area contributed by atoms with Crippen LogP contribution >= 0.6 is 11.8 Å². The second-order valence-corrected chi connectivity index (χ2v) is 7.29. The van der Waals surface area contributed by atoms with Gasteiger partial charge < -0.3 is 16.4 Å². The quantitative estimate of drug-likeness (QED) is 0.776. The van der Waals surface area contributed by atoms with E-state index in [1.807, 2.05) is 42.1 Å². The smallest absolute Gasteiger partial charge is 0.241 e. The van der Waals surface area contributed by atoms with E-state index < -0.39 is 6.04 Å². The third kappa shape index (κ3) is 3.96. The zero-order valence-corrected chi connectivity index (χ0v) is 12.2. The van der Waals surface area contributed by atoms with E-state index in [-0.39, 0.29) is 16.0 Å². The Labute approximate surface area is 118 Å². The summed E-state index contributed by atoms with van der Waals surface area (Å²) in [7, 11) is 0. The van der Waals surface area contributed by atoms with Crippen LogP contribution in [0.2, 0.25) is 0 Å². The van der Waals surface area contributed by atoms with Crippen LogP contribution < -0.4 is 16.4 Å². The van der Waals surface area contributed by atoms with Crippen LogP contribution in [-0.2, 0) is 4.79 Å². The molecule has 1 saturated heterocycles. The summed E-state index contributed by atoms with van der Waals surface area (Å²) in [6, 6.07) is 8.83. The molecule has 0 aliphatic carbocycles. The summed E-state index contributed by atoms with van der Waals surface area (Å²) in [5.41, 5.74) is 6.78. The Morgan fingerprint density at radius 2 is 2.21 bits per heavy atom. The van der Waals surface area contributed by atoms with Gasteiger partial charge in [0.25, 0.3) is 0 Å². The molecule has 0 bridgehead atoms. The van der Waals surface area contributed by atoms with Gasteiger partial charge in [-0.2, -0.15) is 0 Å². The van der Waals surface area contributed by atoms with Crippen LogP contribution in [0.5, 0.6) is 0 Å².